The molecular weight excluding hydrogens is 362 g/mol. The van der Waals surface area contributed by atoms with Gasteiger partial charge >= 0.3 is 0 Å². The number of halogens is 1. The zero-order valence-corrected chi connectivity index (χ0v) is 15.8. The van der Waals surface area contributed by atoms with E-state index in [9.17, 15) is 8.42 Å². The molecule has 8 heteroatoms. The summed E-state index contributed by atoms with van der Waals surface area (Å²) in [4.78, 5) is 0. The van der Waals surface area contributed by atoms with E-state index in [4.69, 9.17) is 16.3 Å². The van der Waals surface area contributed by atoms with E-state index in [1.165, 1.54) is 0 Å². The van der Waals surface area contributed by atoms with E-state index in [0.717, 1.165) is 24.2 Å². The number of hydrogen-bond donors (Lipinski definition) is 1. The molecule has 1 atom stereocenters. The minimum atomic E-state index is -3.50. The first-order valence-corrected chi connectivity index (χ1v) is 10.3. The van der Waals surface area contributed by atoms with Crippen LogP contribution in [0.1, 0.15) is 38.3 Å². The molecule has 1 aliphatic rings. The van der Waals surface area contributed by atoms with E-state index < -0.39 is 10.0 Å². The van der Waals surface area contributed by atoms with Gasteiger partial charge in [0.1, 0.15) is 0 Å². The number of hydrogen-bond acceptors (Lipinski definition) is 4. The van der Waals surface area contributed by atoms with Gasteiger partial charge in [-0.3, -0.25) is 4.72 Å². The predicted octanol–water partition coefficient (Wildman–Crippen LogP) is 3.57. The van der Waals surface area contributed by atoms with E-state index in [1.807, 2.05) is 26.0 Å². The van der Waals surface area contributed by atoms with Crippen LogP contribution in [0.15, 0.2) is 30.5 Å². The predicted molar refractivity (Wildman–Crippen MR) is 99.0 cm³/mol. The van der Waals surface area contributed by atoms with Crippen molar-refractivity contribution in [2.75, 3.05) is 17.1 Å². The Kier molecular flexibility index (Phi) is 5.36. The first kappa shape index (κ1) is 18.2. The van der Waals surface area contributed by atoms with E-state index in [2.05, 4.69) is 9.82 Å². The van der Waals surface area contributed by atoms with Gasteiger partial charge < -0.3 is 4.74 Å². The van der Waals surface area contributed by atoms with Gasteiger partial charge in [0.2, 0.25) is 10.0 Å². The van der Waals surface area contributed by atoms with Crippen LogP contribution in [0, 0.1) is 0 Å². The quantitative estimate of drug-likeness (QED) is 0.827. The Morgan fingerprint density at radius 3 is 2.68 bits per heavy atom. The highest BCUT2D eigenvalue weighted by molar-refractivity contribution is 7.92. The van der Waals surface area contributed by atoms with Crippen molar-refractivity contribution in [1.29, 1.82) is 0 Å². The van der Waals surface area contributed by atoms with Crippen molar-refractivity contribution in [3.8, 4) is 5.69 Å². The lowest BCUT2D eigenvalue weighted by atomic mass is 10.1. The summed E-state index contributed by atoms with van der Waals surface area (Å²) in [5.74, 6) is 0.0510. The number of rotatable bonds is 6. The Hall–Kier alpha value is -1.57. The summed E-state index contributed by atoms with van der Waals surface area (Å²) in [7, 11) is -3.50. The first-order chi connectivity index (χ1) is 11.9. The Bertz CT molecular complexity index is 825. The third-order valence-corrected chi connectivity index (χ3v) is 5.71. The average molecular weight is 384 g/mol. The minimum absolute atomic E-state index is 0.0311. The summed E-state index contributed by atoms with van der Waals surface area (Å²) in [5.41, 5.74) is 2.14. The van der Waals surface area contributed by atoms with Gasteiger partial charge in [-0.25, -0.2) is 13.1 Å². The molecule has 0 aliphatic carbocycles. The van der Waals surface area contributed by atoms with Crippen molar-refractivity contribution >= 4 is 27.3 Å². The third kappa shape index (κ3) is 4.34. The van der Waals surface area contributed by atoms with Gasteiger partial charge in [0.05, 0.1) is 35.1 Å². The summed E-state index contributed by atoms with van der Waals surface area (Å²) in [6, 6.07) is 7.27. The molecule has 1 aromatic heterocycles. The van der Waals surface area contributed by atoms with Crippen molar-refractivity contribution in [3.05, 3.63) is 41.2 Å². The molecule has 6 nitrogen and oxygen atoms in total. The molecule has 1 fully saturated rings. The van der Waals surface area contributed by atoms with Crippen LogP contribution >= 0.6 is 11.6 Å². The molecular formula is C17H22ClN3O3S. The topological polar surface area (TPSA) is 73.2 Å². The minimum Gasteiger partial charge on any atom is -0.377 e. The maximum Gasteiger partial charge on any atom is 0.235 e. The van der Waals surface area contributed by atoms with Gasteiger partial charge in [-0.2, -0.15) is 5.10 Å². The van der Waals surface area contributed by atoms with E-state index in [0.29, 0.717) is 17.3 Å². The van der Waals surface area contributed by atoms with Gasteiger partial charge in [-0.05, 0) is 43.0 Å². The maximum atomic E-state index is 12.5. The Morgan fingerprint density at radius 1 is 1.36 bits per heavy atom. The molecule has 2 aromatic rings. The molecule has 25 heavy (non-hydrogen) atoms. The molecule has 1 aliphatic heterocycles. The molecule has 0 saturated carbocycles. The van der Waals surface area contributed by atoms with E-state index in [1.54, 1.807) is 23.0 Å². The van der Waals surface area contributed by atoms with Crippen molar-refractivity contribution in [2.45, 2.75) is 38.7 Å². The molecule has 0 spiro atoms. The lowest BCUT2D eigenvalue weighted by Crippen LogP contribution is -2.26. The molecule has 1 N–H and O–H groups in total. The lowest BCUT2D eigenvalue weighted by Gasteiger charge is -2.15. The molecule has 2 heterocycles. The number of benzene rings is 1. The summed E-state index contributed by atoms with van der Waals surface area (Å²) >= 11 is 5.94. The lowest BCUT2D eigenvalue weighted by molar-refractivity contribution is 0.127. The largest absolute Gasteiger partial charge is 0.377 e. The van der Waals surface area contributed by atoms with Crippen molar-refractivity contribution in [1.82, 2.24) is 9.78 Å². The van der Waals surface area contributed by atoms with Crippen molar-refractivity contribution in [2.24, 2.45) is 0 Å². The number of nitrogens with one attached hydrogen (secondary N) is 1. The number of aromatic nitrogens is 2. The van der Waals surface area contributed by atoms with E-state index in [-0.39, 0.29) is 17.8 Å². The van der Waals surface area contributed by atoms with Gasteiger partial charge in [-0.15, -0.1) is 0 Å². The van der Waals surface area contributed by atoms with Gasteiger partial charge in [0.15, 0.2) is 0 Å². The molecule has 0 radical (unpaired) electrons. The molecule has 136 valence electrons. The Balaban J connectivity index is 1.87. The zero-order valence-electron chi connectivity index (χ0n) is 14.3. The van der Waals surface area contributed by atoms with Crippen LogP contribution in [0.3, 0.4) is 0 Å². The van der Waals surface area contributed by atoms with Gasteiger partial charge in [0.25, 0.3) is 0 Å². The van der Waals surface area contributed by atoms with Gasteiger partial charge in [0, 0.05) is 11.6 Å². The fourth-order valence-electron chi connectivity index (χ4n) is 3.01. The molecule has 3 rings (SSSR count). The number of sulfonamides is 1. The van der Waals surface area contributed by atoms with Crippen LogP contribution in [0.4, 0.5) is 5.69 Å². The number of nitrogens with zero attached hydrogens (tertiary/aromatic N) is 2. The number of ether oxygens (including phenoxy) is 1. The van der Waals surface area contributed by atoms with Crippen LogP contribution in [0.2, 0.25) is 5.02 Å². The Morgan fingerprint density at radius 2 is 2.08 bits per heavy atom. The average Bonchev–Trinajstić information content (AvgIpc) is 3.17. The monoisotopic (exact) mass is 383 g/mol. The van der Waals surface area contributed by atoms with E-state index >= 15 is 0 Å². The van der Waals surface area contributed by atoms with Crippen molar-refractivity contribution < 1.29 is 13.2 Å². The second kappa shape index (κ2) is 7.35. The summed E-state index contributed by atoms with van der Waals surface area (Å²) < 4.78 is 34.8. The molecule has 0 bridgehead atoms. The highest BCUT2D eigenvalue weighted by Crippen LogP contribution is 2.28. The molecule has 0 amide bonds. The van der Waals surface area contributed by atoms with Crippen LogP contribution in [0.25, 0.3) is 5.69 Å². The molecule has 1 saturated heterocycles. The van der Waals surface area contributed by atoms with Gasteiger partial charge in [-0.1, -0.05) is 25.4 Å². The highest BCUT2D eigenvalue weighted by atomic mass is 35.5. The summed E-state index contributed by atoms with van der Waals surface area (Å²) in [5, 5.41) is 5.01. The Labute approximate surface area is 153 Å². The normalized spacial score (nSPS) is 18.0. The summed E-state index contributed by atoms with van der Waals surface area (Å²) in [6.45, 7) is 4.63. The fraction of sp³-hybridized carbons (Fsp3) is 0.471. The summed E-state index contributed by atoms with van der Waals surface area (Å²) in [6.07, 6.45) is 3.01. The SMILES string of the molecule is CC(C)c1c(NS(=O)(=O)C[C@H]2CCCO2)cnn1-c1ccc(Cl)cc1. The van der Waals surface area contributed by atoms with Crippen LogP contribution in [0.5, 0.6) is 0 Å². The maximum absolute atomic E-state index is 12.5. The third-order valence-electron chi connectivity index (χ3n) is 4.12. The van der Waals surface area contributed by atoms with Crippen molar-refractivity contribution in [3.63, 3.8) is 0 Å². The molecule has 1 aromatic carbocycles. The van der Waals surface area contributed by atoms with Crippen LogP contribution in [-0.4, -0.2) is 36.7 Å². The highest BCUT2D eigenvalue weighted by Gasteiger charge is 2.25. The van der Waals surface area contributed by atoms with Crippen LogP contribution < -0.4 is 4.72 Å². The fourth-order valence-corrected chi connectivity index (χ4v) is 4.46. The van der Waals surface area contributed by atoms with Crippen LogP contribution in [-0.2, 0) is 14.8 Å². The smallest absolute Gasteiger partial charge is 0.235 e. The zero-order chi connectivity index (χ0) is 18.0. The second-order valence-corrected chi connectivity index (χ2v) is 8.71. The first-order valence-electron chi connectivity index (χ1n) is 8.31. The standard InChI is InChI=1S/C17H22ClN3O3S/c1-12(2)17-16(20-25(22,23)11-15-4-3-9-24-15)10-19-21(17)14-7-5-13(18)6-8-14/h5-8,10,12,15,20H,3-4,9,11H2,1-2H3/t15-/m1/s1. The number of anilines is 1. The molecule has 0 unspecified atom stereocenters. The second-order valence-electron chi connectivity index (χ2n) is 6.50.